The van der Waals surface area contributed by atoms with Crippen LogP contribution >= 0.6 is 23.4 Å². The number of nitrogens with zero attached hydrogens (tertiary/aromatic N) is 2. The molecule has 2 aromatic carbocycles. The van der Waals surface area contributed by atoms with Crippen LogP contribution in [-0.4, -0.2) is 36.2 Å². The Morgan fingerprint density at radius 1 is 1.18 bits per heavy atom. The molecule has 1 aliphatic heterocycles. The summed E-state index contributed by atoms with van der Waals surface area (Å²) in [5.74, 6) is 1.19. The molecule has 3 rings (SSSR count). The summed E-state index contributed by atoms with van der Waals surface area (Å²) in [5, 5.41) is 1.20. The maximum atomic E-state index is 12.6. The molecule has 0 unspecified atom stereocenters. The first-order valence-corrected chi connectivity index (χ1v) is 9.93. The van der Waals surface area contributed by atoms with Gasteiger partial charge >= 0.3 is 0 Å². The van der Waals surface area contributed by atoms with Crippen molar-refractivity contribution in [2.24, 2.45) is 4.99 Å². The van der Waals surface area contributed by atoms with Crippen LogP contribution < -0.4 is 9.47 Å². The highest BCUT2D eigenvalue weighted by Crippen LogP contribution is 2.35. The second kappa shape index (κ2) is 8.71. The number of amidine groups is 1. The minimum Gasteiger partial charge on any atom is -0.493 e. The third-order valence-electron chi connectivity index (χ3n) is 3.88. The molecule has 0 radical (unpaired) electrons. The zero-order chi connectivity index (χ0) is 20.3. The summed E-state index contributed by atoms with van der Waals surface area (Å²) < 4.78 is 11.2. The summed E-state index contributed by atoms with van der Waals surface area (Å²) in [6.07, 6.45) is 1.87. The number of hydrogen-bond donors (Lipinski definition) is 0. The number of hydrogen-bond acceptors (Lipinski definition) is 5. The van der Waals surface area contributed by atoms with Gasteiger partial charge in [-0.25, -0.2) is 4.99 Å². The number of methoxy groups -OCH3 is 1. The number of ether oxygens (including phenoxy) is 2. The average molecular weight is 417 g/mol. The minimum atomic E-state index is -0.104. The van der Waals surface area contributed by atoms with Crippen molar-refractivity contribution in [3.63, 3.8) is 0 Å². The fourth-order valence-electron chi connectivity index (χ4n) is 2.58. The van der Waals surface area contributed by atoms with E-state index in [-0.39, 0.29) is 12.0 Å². The molecule has 0 N–H and O–H groups in total. The van der Waals surface area contributed by atoms with E-state index in [1.54, 1.807) is 26.3 Å². The molecule has 1 heterocycles. The van der Waals surface area contributed by atoms with Crippen LogP contribution in [0, 0.1) is 0 Å². The van der Waals surface area contributed by atoms with Crippen molar-refractivity contribution < 1.29 is 14.3 Å². The molecule has 146 valence electrons. The molecular formula is C21H21ClN2O3S. The number of carbonyl (C=O) groups is 1. The van der Waals surface area contributed by atoms with E-state index in [4.69, 9.17) is 21.1 Å². The third kappa shape index (κ3) is 4.69. The minimum absolute atomic E-state index is 0.0454. The molecule has 7 heteroatoms. The Morgan fingerprint density at radius 2 is 1.96 bits per heavy atom. The second-order valence-corrected chi connectivity index (χ2v) is 7.87. The van der Waals surface area contributed by atoms with E-state index >= 15 is 0 Å². The largest absolute Gasteiger partial charge is 0.493 e. The van der Waals surface area contributed by atoms with Gasteiger partial charge in [0.25, 0.3) is 5.91 Å². The molecule has 0 saturated carbocycles. The lowest BCUT2D eigenvalue weighted by molar-refractivity contribution is -0.121. The van der Waals surface area contributed by atoms with Crippen LogP contribution in [0.1, 0.15) is 19.4 Å². The quantitative estimate of drug-likeness (QED) is 0.615. The van der Waals surface area contributed by atoms with E-state index in [0.29, 0.717) is 32.3 Å². The molecule has 5 nitrogen and oxygen atoms in total. The Bertz CT molecular complexity index is 956. The predicted molar refractivity (Wildman–Crippen MR) is 116 cm³/mol. The fourth-order valence-corrected chi connectivity index (χ4v) is 3.76. The molecule has 1 saturated heterocycles. The number of likely N-dealkylation sites (N-methyl/N-ethyl adjacent to an activating group) is 1. The lowest BCUT2D eigenvalue weighted by Crippen LogP contribution is -2.23. The van der Waals surface area contributed by atoms with Gasteiger partial charge in [0, 0.05) is 12.1 Å². The molecule has 28 heavy (non-hydrogen) atoms. The van der Waals surface area contributed by atoms with Gasteiger partial charge in [0.15, 0.2) is 16.7 Å². The van der Waals surface area contributed by atoms with Crippen molar-refractivity contribution in [1.29, 1.82) is 0 Å². The van der Waals surface area contributed by atoms with E-state index < -0.39 is 0 Å². The van der Waals surface area contributed by atoms with E-state index in [1.807, 2.05) is 50.3 Å². The summed E-state index contributed by atoms with van der Waals surface area (Å²) in [6, 6.07) is 12.8. The molecule has 1 fully saturated rings. The number of rotatable bonds is 5. The predicted octanol–water partition coefficient (Wildman–Crippen LogP) is 5.37. The molecule has 2 aromatic rings. The van der Waals surface area contributed by atoms with Gasteiger partial charge in [-0.2, -0.15) is 0 Å². The van der Waals surface area contributed by atoms with Crippen molar-refractivity contribution in [2.75, 3.05) is 14.2 Å². The molecule has 0 spiro atoms. The fraction of sp³-hybridized carbons (Fsp3) is 0.238. The zero-order valence-electron chi connectivity index (χ0n) is 16.1. The topological polar surface area (TPSA) is 51.1 Å². The molecule has 0 aliphatic carbocycles. The monoisotopic (exact) mass is 416 g/mol. The molecule has 0 atom stereocenters. The third-order valence-corrected chi connectivity index (χ3v) is 5.18. The van der Waals surface area contributed by atoms with Crippen LogP contribution in [-0.2, 0) is 4.79 Å². The second-order valence-electron chi connectivity index (χ2n) is 6.43. The van der Waals surface area contributed by atoms with Gasteiger partial charge in [-0.15, -0.1) is 0 Å². The Hall–Kier alpha value is -2.44. The first-order valence-electron chi connectivity index (χ1n) is 8.74. The van der Waals surface area contributed by atoms with Gasteiger partial charge in [-0.1, -0.05) is 23.7 Å². The summed E-state index contributed by atoms with van der Waals surface area (Å²) in [7, 11) is 3.30. The van der Waals surface area contributed by atoms with Crippen molar-refractivity contribution >= 4 is 46.2 Å². The van der Waals surface area contributed by atoms with Crippen LogP contribution in [0.5, 0.6) is 11.5 Å². The van der Waals surface area contributed by atoms with Crippen molar-refractivity contribution in [1.82, 2.24) is 4.90 Å². The van der Waals surface area contributed by atoms with E-state index in [0.717, 1.165) is 5.56 Å². The van der Waals surface area contributed by atoms with Gasteiger partial charge in [0.1, 0.15) is 0 Å². The molecule has 1 aliphatic rings. The highest BCUT2D eigenvalue weighted by atomic mass is 35.5. The molecule has 0 aromatic heterocycles. The maximum absolute atomic E-state index is 12.6. The Morgan fingerprint density at radius 3 is 2.64 bits per heavy atom. The van der Waals surface area contributed by atoms with Crippen molar-refractivity contribution in [2.45, 2.75) is 20.0 Å². The van der Waals surface area contributed by atoms with Crippen LogP contribution in [0.3, 0.4) is 0 Å². The Labute approximate surface area is 174 Å². The smallest absolute Gasteiger partial charge is 0.266 e. The molecular weight excluding hydrogens is 396 g/mol. The van der Waals surface area contributed by atoms with Crippen molar-refractivity contribution in [3.05, 3.63) is 58.0 Å². The lowest BCUT2D eigenvalue weighted by Gasteiger charge is -2.13. The van der Waals surface area contributed by atoms with Gasteiger partial charge < -0.3 is 9.47 Å². The van der Waals surface area contributed by atoms with Crippen LogP contribution in [0.15, 0.2) is 52.4 Å². The van der Waals surface area contributed by atoms with Crippen LogP contribution in [0.25, 0.3) is 6.08 Å². The van der Waals surface area contributed by atoms with Crippen LogP contribution in [0.4, 0.5) is 5.69 Å². The maximum Gasteiger partial charge on any atom is 0.266 e. The zero-order valence-corrected chi connectivity index (χ0v) is 17.7. The number of aliphatic imine (C=N–C) groups is 1. The number of carbonyl (C=O) groups excluding carboxylic acids is 1. The van der Waals surface area contributed by atoms with Gasteiger partial charge in [0.2, 0.25) is 0 Å². The molecule has 0 bridgehead atoms. The number of thioether (sulfide) groups is 1. The number of halogens is 1. The number of amides is 1. The van der Waals surface area contributed by atoms with Crippen LogP contribution in [0.2, 0.25) is 5.02 Å². The lowest BCUT2D eigenvalue weighted by atomic mass is 10.2. The summed E-state index contributed by atoms with van der Waals surface area (Å²) in [5.41, 5.74) is 1.55. The van der Waals surface area contributed by atoms with E-state index in [2.05, 4.69) is 4.99 Å². The van der Waals surface area contributed by atoms with Gasteiger partial charge in [-0.3, -0.25) is 9.69 Å². The Balaban J connectivity index is 1.87. The summed E-state index contributed by atoms with van der Waals surface area (Å²) in [4.78, 5) is 19.3. The molecule has 1 amide bonds. The normalized spacial score (nSPS) is 17.1. The SMILES string of the molecule is COc1cc(/C=C2/SC(=Nc3cccc(Cl)c3)N(C)C2=O)ccc1OC(C)C. The average Bonchev–Trinajstić information content (AvgIpc) is 2.90. The van der Waals surface area contributed by atoms with Gasteiger partial charge in [0.05, 0.1) is 23.8 Å². The first kappa shape index (κ1) is 20.3. The van der Waals surface area contributed by atoms with Crippen molar-refractivity contribution in [3.8, 4) is 11.5 Å². The summed E-state index contributed by atoms with van der Waals surface area (Å²) >= 11 is 7.34. The summed E-state index contributed by atoms with van der Waals surface area (Å²) in [6.45, 7) is 3.92. The standard InChI is InChI=1S/C21H21ClN2O3S/c1-13(2)27-17-9-8-14(10-18(17)26-4)11-19-20(25)24(3)21(28-19)23-16-7-5-6-15(22)12-16/h5-13H,1-4H3/b19-11+,23-21?. The first-order chi connectivity index (χ1) is 13.4. The Kier molecular flexibility index (Phi) is 6.31. The highest BCUT2D eigenvalue weighted by molar-refractivity contribution is 8.18. The van der Waals surface area contributed by atoms with E-state index in [9.17, 15) is 4.79 Å². The number of benzene rings is 2. The van der Waals surface area contributed by atoms with Gasteiger partial charge in [-0.05, 0) is 67.6 Å². The van der Waals surface area contributed by atoms with E-state index in [1.165, 1.54) is 16.7 Å². The highest BCUT2D eigenvalue weighted by Gasteiger charge is 2.30.